The Balaban J connectivity index is 1.24. The molecule has 236 valence electrons. The summed E-state index contributed by atoms with van der Waals surface area (Å²) in [4.78, 5) is 0. The maximum absolute atomic E-state index is 10.5. The van der Waals surface area contributed by atoms with Crippen molar-refractivity contribution in [2.45, 2.75) is 149 Å². The van der Waals surface area contributed by atoms with Gasteiger partial charge in [-0.05, 0) is 110 Å². The monoisotopic (exact) mass is 576 g/mol. The lowest BCUT2D eigenvalue weighted by atomic mass is 9.47. The number of fused-ring (bicyclic) bond motifs is 5. The number of allylic oxidation sites excluding steroid dienone is 1. The smallest absolute Gasteiger partial charge is 0.186 e. The summed E-state index contributed by atoms with van der Waals surface area (Å²) < 4.78 is 11.9. The highest BCUT2D eigenvalue weighted by Gasteiger charge is 2.59. The molecule has 0 aromatic rings. The van der Waals surface area contributed by atoms with Gasteiger partial charge in [0, 0.05) is 0 Å². The van der Waals surface area contributed by atoms with Crippen molar-refractivity contribution in [3.05, 3.63) is 11.6 Å². The molecule has 5 aliphatic rings. The van der Waals surface area contributed by atoms with E-state index in [0.717, 1.165) is 60.7 Å². The average Bonchev–Trinajstić information content (AvgIpc) is 3.30. The maximum atomic E-state index is 10.5. The van der Waals surface area contributed by atoms with Gasteiger partial charge in [0.2, 0.25) is 0 Å². The largest absolute Gasteiger partial charge is 0.394 e. The predicted octanol–water partition coefficient (Wildman–Crippen LogP) is 5.85. The number of aliphatic hydroxyl groups is 4. The highest BCUT2D eigenvalue weighted by Crippen LogP contribution is 2.67. The summed E-state index contributed by atoms with van der Waals surface area (Å²) in [5.41, 5.74) is 2.19. The van der Waals surface area contributed by atoms with Crippen LogP contribution in [0.5, 0.6) is 0 Å². The van der Waals surface area contributed by atoms with Crippen LogP contribution in [0, 0.1) is 52.3 Å². The van der Waals surface area contributed by atoms with Gasteiger partial charge in [0.05, 0.1) is 12.7 Å². The van der Waals surface area contributed by atoms with Crippen LogP contribution in [0.2, 0.25) is 0 Å². The molecule has 0 spiro atoms. The third-order valence-corrected chi connectivity index (χ3v) is 13.5. The molecule has 3 saturated carbocycles. The van der Waals surface area contributed by atoms with Crippen LogP contribution >= 0.6 is 0 Å². The third-order valence-electron chi connectivity index (χ3n) is 13.5. The summed E-state index contributed by atoms with van der Waals surface area (Å²) in [5.74, 6) is 5.66. The molecule has 0 amide bonds. The number of rotatable bonds is 9. The van der Waals surface area contributed by atoms with Crippen molar-refractivity contribution in [2.24, 2.45) is 52.3 Å². The van der Waals surface area contributed by atoms with Gasteiger partial charge < -0.3 is 29.9 Å². The number of hydrogen-bond acceptors (Lipinski definition) is 6. The van der Waals surface area contributed by atoms with E-state index in [1.807, 2.05) is 0 Å². The van der Waals surface area contributed by atoms with Crippen LogP contribution in [0.1, 0.15) is 112 Å². The van der Waals surface area contributed by atoms with Crippen molar-refractivity contribution in [2.75, 3.05) is 6.61 Å². The highest BCUT2D eigenvalue weighted by molar-refractivity contribution is 5.25. The molecule has 0 aromatic carbocycles. The first-order valence-electron chi connectivity index (χ1n) is 17.1. The van der Waals surface area contributed by atoms with Crippen molar-refractivity contribution in [3.63, 3.8) is 0 Å². The summed E-state index contributed by atoms with van der Waals surface area (Å²) in [6, 6.07) is 0. The first-order valence-corrected chi connectivity index (χ1v) is 17.1. The van der Waals surface area contributed by atoms with E-state index in [2.05, 4.69) is 47.6 Å². The van der Waals surface area contributed by atoms with Crippen LogP contribution in [0.3, 0.4) is 0 Å². The lowest BCUT2D eigenvalue weighted by Gasteiger charge is -2.58. The average molecular weight is 577 g/mol. The van der Waals surface area contributed by atoms with Gasteiger partial charge in [0.1, 0.15) is 24.4 Å². The zero-order chi connectivity index (χ0) is 29.7. The molecule has 0 radical (unpaired) electrons. The molecule has 14 atom stereocenters. The fourth-order valence-electron chi connectivity index (χ4n) is 10.8. The molecule has 0 bridgehead atoms. The minimum Gasteiger partial charge on any atom is -0.394 e. The lowest BCUT2D eigenvalue weighted by Crippen LogP contribution is -2.60. The van der Waals surface area contributed by atoms with Crippen LogP contribution < -0.4 is 0 Å². The van der Waals surface area contributed by atoms with E-state index >= 15 is 0 Å². The SMILES string of the molecule is CC[C@H](CC[C@@H](C)[C@H]1CC[C@H]2[C@@H]3CC=C4C[C@@H](O[C@@H]5O[C@H](CO)[C@H](O)[C@H](O)[C@H]5O)CC[C@]4(C)[C@H]3CC[C@]12C)C(C)C. The molecular weight excluding hydrogens is 516 g/mol. The Morgan fingerprint density at radius 2 is 1.71 bits per heavy atom. The van der Waals surface area contributed by atoms with Crippen LogP contribution in [0.4, 0.5) is 0 Å². The van der Waals surface area contributed by atoms with Gasteiger partial charge >= 0.3 is 0 Å². The Kier molecular flexibility index (Phi) is 9.71. The fraction of sp³-hybridized carbons (Fsp3) is 0.943. The predicted molar refractivity (Wildman–Crippen MR) is 161 cm³/mol. The zero-order valence-corrected chi connectivity index (χ0v) is 26.7. The van der Waals surface area contributed by atoms with Crippen molar-refractivity contribution in [3.8, 4) is 0 Å². The molecule has 4 aliphatic carbocycles. The van der Waals surface area contributed by atoms with Gasteiger partial charge in [-0.2, -0.15) is 0 Å². The van der Waals surface area contributed by atoms with Crippen molar-refractivity contribution >= 4 is 0 Å². The molecule has 1 heterocycles. The number of ether oxygens (including phenoxy) is 2. The molecule has 5 rings (SSSR count). The second-order valence-electron chi connectivity index (χ2n) is 15.7. The van der Waals surface area contributed by atoms with Crippen molar-refractivity contribution in [1.29, 1.82) is 0 Å². The summed E-state index contributed by atoms with van der Waals surface area (Å²) in [6.45, 7) is 14.5. The van der Waals surface area contributed by atoms with E-state index in [-0.39, 0.29) is 11.5 Å². The first-order chi connectivity index (χ1) is 19.4. The molecule has 41 heavy (non-hydrogen) atoms. The van der Waals surface area contributed by atoms with Gasteiger partial charge in [-0.15, -0.1) is 0 Å². The summed E-state index contributed by atoms with van der Waals surface area (Å²) in [6.07, 6.45) is 9.92. The Labute approximate surface area is 249 Å². The number of aliphatic hydroxyl groups excluding tert-OH is 4. The van der Waals surface area contributed by atoms with E-state index in [0.29, 0.717) is 5.41 Å². The fourth-order valence-corrected chi connectivity index (χ4v) is 10.8. The van der Waals surface area contributed by atoms with E-state index in [1.54, 1.807) is 0 Å². The lowest BCUT2D eigenvalue weighted by molar-refractivity contribution is -0.313. The van der Waals surface area contributed by atoms with Crippen LogP contribution in [-0.4, -0.2) is 63.8 Å². The molecule has 4 N–H and O–H groups in total. The second kappa shape index (κ2) is 12.5. The van der Waals surface area contributed by atoms with Gasteiger partial charge in [-0.1, -0.05) is 66.0 Å². The van der Waals surface area contributed by atoms with E-state index in [9.17, 15) is 20.4 Å². The summed E-state index contributed by atoms with van der Waals surface area (Å²) >= 11 is 0. The first kappa shape index (κ1) is 31.9. The molecular formula is C35H60O6. The Morgan fingerprint density at radius 1 is 0.951 bits per heavy atom. The quantitative estimate of drug-likeness (QED) is 0.257. The Hall–Kier alpha value is -0.500. The minimum atomic E-state index is -1.40. The van der Waals surface area contributed by atoms with Gasteiger partial charge in [0.15, 0.2) is 6.29 Å². The Bertz CT molecular complexity index is 918. The Morgan fingerprint density at radius 3 is 2.39 bits per heavy atom. The molecule has 4 fully saturated rings. The molecule has 6 heteroatoms. The molecule has 6 nitrogen and oxygen atoms in total. The van der Waals surface area contributed by atoms with Gasteiger partial charge in [-0.25, -0.2) is 0 Å². The van der Waals surface area contributed by atoms with E-state index < -0.39 is 37.3 Å². The van der Waals surface area contributed by atoms with Crippen molar-refractivity contribution in [1.82, 2.24) is 0 Å². The van der Waals surface area contributed by atoms with Gasteiger partial charge in [0.25, 0.3) is 0 Å². The second-order valence-corrected chi connectivity index (χ2v) is 15.7. The van der Waals surface area contributed by atoms with Crippen molar-refractivity contribution < 1.29 is 29.9 Å². The normalized spacial score (nSPS) is 47.7. The molecule has 1 saturated heterocycles. The zero-order valence-electron chi connectivity index (χ0n) is 26.7. The topological polar surface area (TPSA) is 99.4 Å². The molecule has 0 unspecified atom stereocenters. The van der Waals surface area contributed by atoms with Crippen LogP contribution in [-0.2, 0) is 9.47 Å². The summed E-state index contributed by atoms with van der Waals surface area (Å²) in [7, 11) is 0. The molecule has 1 aliphatic heterocycles. The number of hydrogen-bond donors (Lipinski definition) is 4. The maximum Gasteiger partial charge on any atom is 0.186 e. The third kappa shape index (κ3) is 5.73. The van der Waals surface area contributed by atoms with E-state index in [1.165, 1.54) is 56.9 Å². The minimum absolute atomic E-state index is 0.101. The van der Waals surface area contributed by atoms with Gasteiger partial charge in [-0.3, -0.25) is 0 Å². The standard InChI is InChI=1S/C35H60O6/c1-7-22(20(2)3)9-8-21(4)26-12-13-27-25-11-10-23-18-24(14-16-34(23,5)28(25)15-17-35(26,27)6)40-33-32(39)31(38)30(37)29(19-36)41-33/h10,20-22,24-33,36-39H,7-9,11-19H2,1-6H3/t21-,22-,24+,25+,26-,27+,28+,29-,30+,31+,32-,33-,34+,35-/m1/s1. The highest BCUT2D eigenvalue weighted by atomic mass is 16.7. The van der Waals surface area contributed by atoms with Crippen LogP contribution in [0.15, 0.2) is 11.6 Å². The van der Waals surface area contributed by atoms with Crippen LogP contribution in [0.25, 0.3) is 0 Å². The van der Waals surface area contributed by atoms with E-state index in [4.69, 9.17) is 9.47 Å². The molecule has 0 aromatic heterocycles. The summed E-state index contributed by atoms with van der Waals surface area (Å²) in [5, 5.41) is 40.4.